The van der Waals surface area contributed by atoms with E-state index in [1.165, 1.54) is 0 Å². The number of ether oxygens (including phenoxy) is 4. The van der Waals surface area contributed by atoms with Crippen LogP contribution in [-0.2, 0) is 0 Å². The Hall–Kier alpha value is -2.95. The second-order valence-corrected chi connectivity index (χ2v) is 5.32. The molecule has 152 valence electrons. The van der Waals surface area contributed by atoms with Gasteiger partial charge in [-0.25, -0.2) is 9.18 Å². The number of hydrogen-bond donors (Lipinski definition) is 1. The Morgan fingerprint density at radius 1 is 1.00 bits per heavy atom. The average molecular weight is 429 g/mol. The molecule has 0 fully saturated rings. The minimum atomic E-state index is -5.17. The van der Waals surface area contributed by atoms with Crippen LogP contribution in [0.3, 0.4) is 0 Å². The van der Waals surface area contributed by atoms with E-state index in [4.69, 9.17) is 21.1 Å². The van der Waals surface area contributed by atoms with Gasteiger partial charge in [-0.2, -0.15) is 4.39 Å². The number of aromatic carboxylic acids is 1. The standard InChI is InChI=1S/C16H10ClF5O6/c1-25-9-5-8(10(15(23)24)13(19)11(9)17)27-7-4-3-6(28-16(20,21)22)12(18)14(7)26-2/h3-5H,1-2H3,(H,23,24). The van der Waals surface area contributed by atoms with E-state index in [-0.39, 0.29) is 5.75 Å². The molecule has 2 rings (SSSR count). The Morgan fingerprint density at radius 3 is 2.11 bits per heavy atom. The van der Waals surface area contributed by atoms with Gasteiger partial charge in [-0.1, -0.05) is 11.6 Å². The molecule has 0 aliphatic carbocycles. The summed E-state index contributed by atoms with van der Waals surface area (Å²) in [5.41, 5.74) is -1.01. The molecule has 0 unspecified atom stereocenters. The van der Waals surface area contributed by atoms with Crippen LogP contribution >= 0.6 is 11.6 Å². The van der Waals surface area contributed by atoms with Gasteiger partial charge in [0.1, 0.15) is 22.1 Å². The number of halogens is 6. The average Bonchev–Trinajstić information content (AvgIpc) is 2.59. The molecule has 0 atom stereocenters. The van der Waals surface area contributed by atoms with Gasteiger partial charge in [-0.15, -0.1) is 13.2 Å². The number of hydrogen-bond acceptors (Lipinski definition) is 5. The fourth-order valence-corrected chi connectivity index (χ4v) is 2.35. The molecule has 2 aromatic carbocycles. The number of carboxylic acid groups (broad SMARTS) is 1. The maximum absolute atomic E-state index is 14.3. The maximum Gasteiger partial charge on any atom is 0.573 e. The predicted octanol–water partition coefficient (Wildman–Crippen LogP) is 5.02. The Kier molecular flexibility index (Phi) is 6.07. The number of methoxy groups -OCH3 is 2. The first-order valence-corrected chi connectivity index (χ1v) is 7.47. The highest BCUT2D eigenvalue weighted by Gasteiger charge is 2.34. The van der Waals surface area contributed by atoms with Crippen LogP contribution in [-0.4, -0.2) is 31.7 Å². The highest BCUT2D eigenvalue weighted by molar-refractivity contribution is 6.32. The fourth-order valence-electron chi connectivity index (χ4n) is 2.12. The molecule has 0 aromatic heterocycles. The molecule has 0 amide bonds. The normalized spacial score (nSPS) is 11.1. The van der Waals surface area contributed by atoms with Crippen molar-refractivity contribution >= 4 is 17.6 Å². The van der Waals surface area contributed by atoms with Gasteiger partial charge in [-0.3, -0.25) is 0 Å². The highest BCUT2D eigenvalue weighted by atomic mass is 35.5. The molecule has 2 aromatic rings. The van der Waals surface area contributed by atoms with E-state index in [1.807, 2.05) is 0 Å². The maximum atomic E-state index is 14.3. The monoisotopic (exact) mass is 428 g/mol. The molecule has 28 heavy (non-hydrogen) atoms. The molecular weight excluding hydrogens is 419 g/mol. The van der Waals surface area contributed by atoms with E-state index in [2.05, 4.69) is 9.47 Å². The molecule has 0 radical (unpaired) electrons. The lowest BCUT2D eigenvalue weighted by atomic mass is 10.1. The van der Waals surface area contributed by atoms with Crippen LogP contribution in [0.5, 0.6) is 28.7 Å². The van der Waals surface area contributed by atoms with Crippen LogP contribution in [0.1, 0.15) is 10.4 Å². The zero-order valence-electron chi connectivity index (χ0n) is 14.0. The van der Waals surface area contributed by atoms with Crippen molar-refractivity contribution in [3.8, 4) is 28.7 Å². The molecule has 0 aliphatic heterocycles. The van der Waals surface area contributed by atoms with Gasteiger partial charge in [0.2, 0.25) is 11.6 Å². The minimum absolute atomic E-state index is 0.296. The quantitative estimate of drug-likeness (QED) is 0.651. The van der Waals surface area contributed by atoms with Crippen LogP contribution in [0.4, 0.5) is 22.0 Å². The third-order valence-electron chi connectivity index (χ3n) is 3.25. The molecule has 0 heterocycles. The number of rotatable bonds is 6. The van der Waals surface area contributed by atoms with Gasteiger partial charge in [0, 0.05) is 6.07 Å². The summed E-state index contributed by atoms with van der Waals surface area (Å²) in [6.45, 7) is 0. The molecule has 0 aliphatic rings. The lowest BCUT2D eigenvalue weighted by molar-refractivity contribution is -0.275. The summed E-state index contributed by atoms with van der Waals surface area (Å²) < 4.78 is 83.6. The minimum Gasteiger partial charge on any atom is -0.495 e. The first-order valence-electron chi connectivity index (χ1n) is 7.09. The molecule has 0 bridgehead atoms. The van der Waals surface area contributed by atoms with Gasteiger partial charge in [0.05, 0.1) is 14.2 Å². The van der Waals surface area contributed by atoms with Crippen molar-refractivity contribution in [1.29, 1.82) is 0 Å². The molecule has 0 spiro atoms. The van der Waals surface area contributed by atoms with Gasteiger partial charge >= 0.3 is 12.3 Å². The summed E-state index contributed by atoms with van der Waals surface area (Å²) >= 11 is 5.66. The Morgan fingerprint density at radius 2 is 1.61 bits per heavy atom. The summed E-state index contributed by atoms with van der Waals surface area (Å²) in [5, 5.41) is 8.56. The molecule has 12 heteroatoms. The number of carboxylic acids is 1. The van der Waals surface area contributed by atoms with E-state index in [0.717, 1.165) is 26.4 Å². The first-order chi connectivity index (χ1) is 13.0. The van der Waals surface area contributed by atoms with Gasteiger partial charge in [-0.05, 0) is 12.1 Å². The third kappa shape index (κ3) is 4.30. The van der Waals surface area contributed by atoms with E-state index in [9.17, 15) is 31.9 Å². The van der Waals surface area contributed by atoms with Crippen LogP contribution in [0.2, 0.25) is 5.02 Å². The zero-order valence-corrected chi connectivity index (χ0v) is 14.7. The summed E-state index contributed by atoms with van der Waals surface area (Å²) in [6, 6.07) is 2.30. The first kappa shape index (κ1) is 21.4. The van der Waals surface area contributed by atoms with Crippen LogP contribution in [0.15, 0.2) is 18.2 Å². The Labute approximate surface area is 158 Å². The predicted molar refractivity (Wildman–Crippen MR) is 84.6 cm³/mol. The van der Waals surface area contributed by atoms with Gasteiger partial charge in [0.15, 0.2) is 17.3 Å². The van der Waals surface area contributed by atoms with Crippen molar-refractivity contribution in [3.63, 3.8) is 0 Å². The second kappa shape index (κ2) is 7.97. The van der Waals surface area contributed by atoms with Crippen LogP contribution < -0.4 is 18.9 Å². The van der Waals surface area contributed by atoms with Gasteiger partial charge < -0.3 is 24.1 Å². The van der Waals surface area contributed by atoms with Crippen molar-refractivity contribution in [2.75, 3.05) is 14.2 Å². The Balaban J connectivity index is 2.58. The largest absolute Gasteiger partial charge is 0.573 e. The number of carbonyl (C=O) groups is 1. The molecule has 0 saturated carbocycles. The van der Waals surface area contributed by atoms with Crippen molar-refractivity contribution in [3.05, 3.63) is 40.4 Å². The number of alkyl halides is 3. The zero-order chi connectivity index (χ0) is 21.2. The SMILES string of the molecule is COc1cc(Oc2ccc(OC(F)(F)F)c(F)c2OC)c(C(=O)O)c(F)c1Cl. The summed E-state index contributed by atoms with van der Waals surface area (Å²) in [4.78, 5) is 11.3. The number of benzene rings is 2. The second-order valence-electron chi connectivity index (χ2n) is 4.94. The third-order valence-corrected chi connectivity index (χ3v) is 3.60. The topological polar surface area (TPSA) is 74.2 Å². The van der Waals surface area contributed by atoms with Crippen molar-refractivity contribution in [2.45, 2.75) is 6.36 Å². The molecule has 1 N–H and O–H groups in total. The van der Waals surface area contributed by atoms with Crippen LogP contribution in [0.25, 0.3) is 0 Å². The lowest BCUT2D eigenvalue weighted by Gasteiger charge is -2.17. The van der Waals surface area contributed by atoms with Crippen LogP contribution in [0, 0.1) is 11.6 Å². The van der Waals surface area contributed by atoms with E-state index < -0.39 is 57.6 Å². The highest BCUT2D eigenvalue weighted by Crippen LogP contribution is 2.43. The van der Waals surface area contributed by atoms with Crippen molar-refractivity contribution < 1.29 is 50.8 Å². The van der Waals surface area contributed by atoms with E-state index >= 15 is 0 Å². The molecular formula is C16H10ClF5O6. The van der Waals surface area contributed by atoms with Gasteiger partial charge in [0.25, 0.3) is 0 Å². The lowest BCUT2D eigenvalue weighted by Crippen LogP contribution is -2.18. The fraction of sp³-hybridized carbons (Fsp3) is 0.188. The van der Waals surface area contributed by atoms with E-state index in [1.54, 1.807) is 0 Å². The Bertz CT molecular complexity index is 916. The summed E-state index contributed by atoms with van der Waals surface area (Å²) in [6.07, 6.45) is -5.17. The molecule has 6 nitrogen and oxygen atoms in total. The summed E-state index contributed by atoms with van der Waals surface area (Å²) in [5.74, 6) is -8.29. The smallest absolute Gasteiger partial charge is 0.495 e. The molecule has 0 saturated heterocycles. The summed E-state index contributed by atoms with van der Waals surface area (Å²) in [7, 11) is 2.04. The van der Waals surface area contributed by atoms with E-state index in [0.29, 0.717) is 6.07 Å². The van der Waals surface area contributed by atoms with Crippen molar-refractivity contribution in [1.82, 2.24) is 0 Å². The van der Waals surface area contributed by atoms with Crippen molar-refractivity contribution in [2.24, 2.45) is 0 Å².